The van der Waals surface area contributed by atoms with Crippen molar-refractivity contribution in [3.63, 3.8) is 0 Å². The predicted molar refractivity (Wildman–Crippen MR) is 132 cm³/mol. The number of halogens is 1. The second-order valence-electron chi connectivity index (χ2n) is 7.96. The Bertz CT molecular complexity index is 779. The maximum atomic E-state index is 5.95. The fourth-order valence-corrected chi connectivity index (χ4v) is 3.81. The SMILES string of the molecule is CN=C(NCC(c1cnn(C)c1)N(C)C)N1CCC(COCc2ccccc2)C1.I. The van der Waals surface area contributed by atoms with Crippen molar-refractivity contribution in [2.75, 3.05) is 47.4 Å². The van der Waals surface area contributed by atoms with Crippen LogP contribution in [0.2, 0.25) is 0 Å². The third kappa shape index (κ3) is 6.95. The summed E-state index contributed by atoms with van der Waals surface area (Å²) in [5.74, 6) is 1.51. The highest BCUT2D eigenvalue weighted by molar-refractivity contribution is 14.0. The van der Waals surface area contributed by atoms with E-state index in [9.17, 15) is 0 Å². The van der Waals surface area contributed by atoms with E-state index in [1.807, 2.05) is 31.0 Å². The number of likely N-dealkylation sites (tertiary alicyclic amines) is 1. The number of aryl methyl sites for hydroxylation is 1. The largest absolute Gasteiger partial charge is 0.376 e. The first kappa shape index (κ1) is 24.6. The number of nitrogens with one attached hydrogen (secondary N) is 1. The van der Waals surface area contributed by atoms with Gasteiger partial charge in [0, 0.05) is 51.4 Å². The van der Waals surface area contributed by atoms with Crippen LogP contribution >= 0.6 is 24.0 Å². The van der Waals surface area contributed by atoms with E-state index in [0.29, 0.717) is 12.5 Å². The molecule has 2 aromatic rings. The smallest absolute Gasteiger partial charge is 0.193 e. The number of nitrogens with zero attached hydrogens (tertiary/aromatic N) is 5. The Kier molecular flexibility index (Phi) is 10.1. The van der Waals surface area contributed by atoms with Gasteiger partial charge in [0.25, 0.3) is 0 Å². The average Bonchev–Trinajstić information content (AvgIpc) is 3.35. The van der Waals surface area contributed by atoms with Crippen LogP contribution in [0.1, 0.15) is 23.6 Å². The molecule has 166 valence electrons. The van der Waals surface area contributed by atoms with Crippen molar-refractivity contribution in [1.29, 1.82) is 0 Å². The summed E-state index contributed by atoms with van der Waals surface area (Å²) in [5, 5.41) is 7.87. The lowest BCUT2D eigenvalue weighted by atomic mass is 10.1. The Balaban J connectivity index is 0.00000320. The summed E-state index contributed by atoms with van der Waals surface area (Å²) in [6.07, 6.45) is 5.14. The van der Waals surface area contributed by atoms with E-state index in [-0.39, 0.29) is 30.0 Å². The lowest BCUT2D eigenvalue weighted by Gasteiger charge is -2.27. The zero-order chi connectivity index (χ0) is 20.6. The van der Waals surface area contributed by atoms with Gasteiger partial charge in [0.15, 0.2) is 5.96 Å². The van der Waals surface area contributed by atoms with Crippen molar-refractivity contribution in [2.24, 2.45) is 18.0 Å². The molecule has 30 heavy (non-hydrogen) atoms. The monoisotopic (exact) mass is 526 g/mol. The molecule has 1 N–H and O–H groups in total. The molecule has 1 aliphatic rings. The van der Waals surface area contributed by atoms with Crippen LogP contribution in [-0.4, -0.2) is 72.9 Å². The third-order valence-electron chi connectivity index (χ3n) is 5.45. The summed E-state index contributed by atoms with van der Waals surface area (Å²) in [4.78, 5) is 9.06. The molecule has 0 aliphatic carbocycles. The fraction of sp³-hybridized carbons (Fsp3) is 0.545. The van der Waals surface area contributed by atoms with Crippen LogP contribution in [0.25, 0.3) is 0 Å². The van der Waals surface area contributed by atoms with Crippen molar-refractivity contribution < 1.29 is 4.74 Å². The number of aromatic nitrogens is 2. The van der Waals surface area contributed by atoms with Gasteiger partial charge in [0.2, 0.25) is 0 Å². The van der Waals surface area contributed by atoms with Crippen molar-refractivity contribution in [3.05, 3.63) is 53.9 Å². The molecule has 2 atom stereocenters. The number of guanidine groups is 1. The van der Waals surface area contributed by atoms with Crippen molar-refractivity contribution >= 4 is 29.9 Å². The molecule has 1 saturated heterocycles. The lowest BCUT2D eigenvalue weighted by Crippen LogP contribution is -2.43. The first-order valence-corrected chi connectivity index (χ1v) is 10.3. The number of aliphatic imine (C=N–C) groups is 1. The Morgan fingerprint density at radius 3 is 2.73 bits per heavy atom. The summed E-state index contributed by atoms with van der Waals surface area (Å²) in [6, 6.07) is 10.6. The molecule has 0 bridgehead atoms. The minimum absolute atomic E-state index is 0. The normalized spacial score (nSPS) is 17.8. The Hall–Kier alpha value is -1.65. The molecule has 7 nitrogen and oxygen atoms in total. The number of hydrogen-bond donors (Lipinski definition) is 1. The quantitative estimate of drug-likeness (QED) is 0.326. The Morgan fingerprint density at radius 2 is 2.10 bits per heavy atom. The van der Waals surface area contributed by atoms with Gasteiger partial charge in [-0.3, -0.25) is 9.67 Å². The van der Waals surface area contributed by atoms with E-state index in [1.54, 1.807) is 0 Å². The first-order chi connectivity index (χ1) is 14.1. The molecule has 3 rings (SSSR count). The summed E-state index contributed by atoms with van der Waals surface area (Å²) in [5.41, 5.74) is 2.43. The van der Waals surface area contributed by atoms with Crippen LogP contribution in [-0.2, 0) is 18.4 Å². The standard InChI is InChI=1S/C22H34N6O.HI/c1-23-22(24-13-21(26(2)3)20-12-25-27(4)15-20)28-11-10-19(14-28)17-29-16-18-8-6-5-7-9-18;/h5-9,12,15,19,21H,10-11,13-14,16-17H2,1-4H3,(H,23,24);1H. The van der Waals surface area contributed by atoms with Crippen LogP contribution in [0, 0.1) is 5.92 Å². The number of rotatable bonds is 8. The molecule has 1 aromatic carbocycles. The highest BCUT2D eigenvalue weighted by Crippen LogP contribution is 2.19. The maximum Gasteiger partial charge on any atom is 0.193 e. The molecule has 1 aliphatic heterocycles. The molecule has 1 fully saturated rings. The van der Waals surface area contributed by atoms with E-state index >= 15 is 0 Å². The highest BCUT2D eigenvalue weighted by Gasteiger charge is 2.26. The maximum absolute atomic E-state index is 5.95. The molecule has 8 heteroatoms. The molecule has 0 saturated carbocycles. The Morgan fingerprint density at radius 1 is 1.33 bits per heavy atom. The van der Waals surface area contributed by atoms with Gasteiger partial charge < -0.3 is 19.9 Å². The van der Waals surface area contributed by atoms with Crippen molar-refractivity contribution in [1.82, 2.24) is 24.9 Å². The topological polar surface area (TPSA) is 57.9 Å². The number of likely N-dealkylation sites (N-methyl/N-ethyl adjacent to an activating group) is 1. The van der Waals surface area contributed by atoms with Crippen molar-refractivity contribution in [2.45, 2.75) is 19.1 Å². The van der Waals surface area contributed by atoms with Crippen molar-refractivity contribution in [3.8, 4) is 0 Å². The minimum atomic E-state index is 0. The predicted octanol–water partition coefficient (Wildman–Crippen LogP) is 2.75. The number of benzene rings is 1. The van der Waals surface area contributed by atoms with E-state index in [1.165, 1.54) is 11.1 Å². The third-order valence-corrected chi connectivity index (χ3v) is 5.45. The van der Waals surface area contributed by atoms with E-state index in [2.05, 4.69) is 69.8 Å². The molecule has 2 unspecified atom stereocenters. The molecule has 0 spiro atoms. The van der Waals surface area contributed by atoms with Crippen LogP contribution in [0.3, 0.4) is 0 Å². The van der Waals surface area contributed by atoms with Crippen LogP contribution in [0.15, 0.2) is 47.7 Å². The van der Waals surface area contributed by atoms with Crippen LogP contribution < -0.4 is 5.32 Å². The summed E-state index contributed by atoms with van der Waals surface area (Å²) < 4.78 is 7.80. The molecular weight excluding hydrogens is 491 g/mol. The molecule has 0 amide bonds. The van der Waals surface area contributed by atoms with Crippen LogP contribution in [0.4, 0.5) is 0 Å². The lowest BCUT2D eigenvalue weighted by molar-refractivity contribution is 0.0906. The highest BCUT2D eigenvalue weighted by atomic mass is 127. The van der Waals surface area contributed by atoms with E-state index in [4.69, 9.17) is 4.74 Å². The van der Waals surface area contributed by atoms with Gasteiger partial charge in [0.1, 0.15) is 0 Å². The first-order valence-electron chi connectivity index (χ1n) is 10.3. The van der Waals surface area contributed by atoms with Gasteiger partial charge in [-0.2, -0.15) is 5.10 Å². The molecule has 2 heterocycles. The van der Waals surface area contributed by atoms with Gasteiger partial charge in [-0.05, 0) is 26.1 Å². The van der Waals surface area contributed by atoms with E-state index in [0.717, 1.165) is 38.6 Å². The Labute approximate surface area is 197 Å². The molecular formula is C22H35IN6O. The molecule has 0 radical (unpaired) electrons. The number of ether oxygens (including phenoxy) is 1. The average molecular weight is 526 g/mol. The summed E-state index contributed by atoms with van der Waals surface area (Å²) >= 11 is 0. The second kappa shape index (κ2) is 12.3. The second-order valence-corrected chi connectivity index (χ2v) is 7.96. The van der Waals surface area contributed by atoms with Gasteiger partial charge in [-0.1, -0.05) is 30.3 Å². The molecule has 1 aromatic heterocycles. The number of hydrogen-bond acceptors (Lipinski definition) is 4. The van der Waals surface area contributed by atoms with Gasteiger partial charge in [0.05, 0.1) is 25.5 Å². The van der Waals surface area contributed by atoms with Gasteiger partial charge in [-0.15, -0.1) is 24.0 Å². The zero-order valence-corrected chi connectivity index (χ0v) is 20.8. The van der Waals surface area contributed by atoms with Gasteiger partial charge >= 0.3 is 0 Å². The summed E-state index contributed by atoms with van der Waals surface area (Å²) in [7, 11) is 8.00. The minimum Gasteiger partial charge on any atom is -0.376 e. The summed E-state index contributed by atoms with van der Waals surface area (Å²) in [6.45, 7) is 4.25. The van der Waals surface area contributed by atoms with Gasteiger partial charge in [-0.25, -0.2) is 0 Å². The zero-order valence-electron chi connectivity index (χ0n) is 18.5. The van der Waals surface area contributed by atoms with E-state index < -0.39 is 0 Å². The van der Waals surface area contributed by atoms with Crippen LogP contribution in [0.5, 0.6) is 0 Å². The fourth-order valence-electron chi connectivity index (χ4n) is 3.81.